The quantitative estimate of drug-likeness (QED) is 0.359. The lowest BCUT2D eigenvalue weighted by molar-refractivity contribution is 0.0668. The third-order valence-electron chi connectivity index (χ3n) is 4.33. The van der Waals surface area contributed by atoms with Crippen molar-refractivity contribution in [3.05, 3.63) is 94.5 Å². The van der Waals surface area contributed by atoms with Crippen molar-refractivity contribution in [2.75, 3.05) is 0 Å². The van der Waals surface area contributed by atoms with Crippen molar-refractivity contribution in [2.24, 2.45) is 0 Å². The monoisotopic (exact) mass is 450 g/mol. The van der Waals surface area contributed by atoms with Gasteiger partial charge in [-0.25, -0.2) is 24.0 Å². The Labute approximate surface area is 185 Å². The first-order chi connectivity index (χ1) is 15.7. The molecule has 3 aromatic carbocycles. The highest BCUT2D eigenvalue weighted by Crippen LogP contribution is 2.27. The van der Waals surface area contributed by atoms with Crippen molar-refractivity contribution in [3.63, 3.8) is 0 Å². The summed E-state index contributed by atoms with van der Waals surface area (Å²) in [7, 11) is 0. The Hall–Kier alpha value is -4.99. The van der Waals surface area contributed by atoms with Crippen LogP contribution in [0.15, 0.2) is 66.7 Å². The summed E-state index contributed by atoms with van der Waals surface area (Å²) in [6, 6.07) is 13.0. The Morgan fingerprint density at radius 2 is 0.939 bits per heavy atom. The number of esters is 2. The summed E-state index contributed by atoms with van der Waals surface area (Å²) in [4.78, 5) is 58.0. The molecule has 0 aliphatic heterocycles. The second-order valence-electron chi connectivity index (χ2n) is 6.51. The van der Waals surface area contributed by atoms with Gasteiger partial charge in [0, 0.05) is 6.07 Å². The van der Waals surface area contributed by atoms with Crippen LogP contribution >= 0.6 is 0 Å². The lowest BCUT2D eigenvalue weighted by Gasteiger charge is -2.10. The fourth-order valence-electron chi connectivity index (χ4n) is 2.65. The number of hydrogen-bond donors (Lipinski definition) is 3. The van der Waals surface area contributed by atoms with Gasteiger partial charge in [0.05, 0.1) is 22.3 Å². The molecule has 0 unspecified atom stereocenters. The first-order valence-corrected chi connectivity index (χ1v) is 9.14. The van der Waals surface area contributed by atoms with Crippen LogP contribution < -0.4 is 9.47 Å². The highest BCUT2D eigenvalue weighted by Gasteiger charge is 2.19. The number of carboxylic acid groups (broad SMARTS) is 3. The van der Waals surface area contributed by atoms with E-state index >= 15 is 0 Å². The fourth-order valence-corrected chi connectivity index (χ4v) is 2.65. The van der Waals surface area contributed by atoms with Crippen molar-refractivity contribution in [1.82, 2.24) is 0 Å². The molecule has 0 atom stereocenters. The number of aromatic carboxylic acids is 3. The van der Waals surface area contributed by atoms with E-state index in [0.717, 1.165) is 12.1 Å². The van der Waals surface area contributed by atoms with E-state index in [-0.39, 0.29) is 33.6 Å². The van der Waals surface area contributed by atoms with E-state index in [9.17, 15) is 29.1 Å². The number of benzene rings is 3. The van der Waals surface area contributed by atoms with Crippen LogP contribution in [-0.2, 0) is 0 Å². The maximum atomic E-state index is 12.4. The second-order valence-corrected chi connectivity index (χ2v) is 6.51. The molecule has 3 rings (SSSR count). The molecule has 0 saturated carbocycles. The summed E-state index contributed by atoms with van der Waals surface area (Å²) in [6.07, 6.45) is 0. The minimum atomic E-state index is -1.40. The Morgan fingerprint density at radius 1 is 0.515 bits per heavy atom. The van der Waals surface area contributed by atoms with Crippen molar-refractivity contribution >= 4 is 29.8 Å². The molecule has 0 fully saturated rings. The molecule has 3 aromatic rings. The Balaban J connectivity index is 1.82. The molecule has 10 heteroatoms. The largest absolute Gasteiger partial charge is 0.478 e. The average Bonchev–Trinajstić information content (AvgIpc) is 2.79. The molecule has 0 aromatic heterocycles. The van der Waals surface area contributed by atoms with Crippen LogP contribution in [0.2, 0.25) is 0 Å². The fraction of sp³-hybridized carbons (Fsp3) is 0. The van der Waals surface area contributed by atoms with Gasteiger partial charge in [0.15, 0.2) is 0 Å². The normalized spacial score (nSPS) is 10.2. The van der Waals surface area contributed by atoms with Crippen molar-refractivity contribution < 1.29 is 48.8 Å². The van der Waals surface area contributed by atoms with Crippen LogP contribution in [0.5, 0.6) is 11.5 Å². The highest BCUT2D eigenvalue weighted by atomic mass is 16.5. The number of carbonyl (C=O) groups excluding carboxylic acids is 2. The van der Waals surface area contributed by atoms with E-state index in [2.05, 4.69) is 0 Å². The number of hydrogen-bond acceptors (Lipinski definition) is 7. The number of rotatable bonds is 7. The van der Waals surface area contributed by atoms with E-state index in [0.29, 0.717) is 0 Å². The molecule has 166 valence electrons. The minimum absolute atomic E-state index is 0.0250. The van der Waals surface area contributed by atoms with Crippen LogP contribution in [0.4, 0.5) is 0 Å². The van der Waals surface area contributed by atoms with Gasteiger partial charge in [-0.3, -0.25) is 0 Å². The van der Waals surface area contributed by atoms with Crippen molar-refractivity contribution in [1.29, 1.82) is 0 Å². The Bertz CT molecular complexity index is 1260. The maximum Gasteiger partial charge on any atom is 0.343 e. The third-order valence-corrected chi connectivity index (χ3v) is 4.33. The second kappa shape index (κ2) is 9.43. The molecule has 0 bridgehead atoms. The zero-order valence-corrected chi connectivity index (χ0v) is 16.6. The highest BCUT2D eigenvalue weighted by molar-refractivity contribution is 5.97. The Morgan fingerprint density at radius 3 is 1.36 bits per heavy atom. The zero-order chi connectivity index (χ0) is 24.1. The summed E-state index contributed by atoms with van der Waals surface area (Å²) >= 11 is 0. The molecule has 10 nitrogen and oxygen atoms in total. The van der Waals surface area contributed by atoms with Crippen LogP contribution in [0, 0.1) is 0 Å². The summed E-state index contributed by atoms with van der Waals surface area (Å²) in [6.45, 7) is 0. The Kier molecular flexibility index (Phi) is 6.49. The van der Waals surface area contributed by atoms with E-state index in [1.165, 1.54) is 54.6 Å². The molecule has 0 amide bonds. The van der Waals surface area contributed by atoms with Gasteiger partial charge in [-0.05, 0) is 60.7 Å². The first kappa shape index (κ1) is 22.7. The number of carbonyl (C=O) groups is 5. The van der Waals surface area contributed by atoms with Gasteiger partial charge in [0.25, 0.3) is 0 Å². The summed E-state index contributed by atoms with van der Waals surface area (Å²) in [5.74, 6) is -6.09. The smallest absolute Gasteiger partial charge is 0.343 e. The van der Waals surface area contributed by atoms with E-state index < -0.39 is 35.6 Å². The van der Waals surface area contributed by atoms with Gasteiger partial charge < -0.3 is 24.8 Å². The van der Waals surface area contributed by atoms with Gasteiger partial charge in [-0.2, -0.15) is 0 Å². The van der Waals surface area contributed by atoms with Gasteiger partial charge in [-0.15, -0.1) is 0 Å². The predicted molar refractivity (Wildman–Crippen MR) is 110 cm³/mol. The van der Waals surface area contributed by atoms with E-state index in [4.69, 9.17) is 19.7 Å². The van der Waals surface area contributed by atoms with Crippen LogP contribution in [0.3, 0.4) is 0 Å². The topological polar surface area (TPSA) is 164 Å². The molecule has 0 aliphatic rings. The third kappa shape index (κ3) is 5.39. The lowest BCUT2D eigenvalue weighted by atomic mass is 10.1. The van der Waals surface area contributed by atoms with Crippen molar-refractivity contribution in [2.45, 2.75) is 0 Å². The van der Waals surface area contributed by atoms with Gasteiger partial charge >= 0.3 is 29.8 Å². The van der Waals surface area contributed by atoms with Crippen molar-refractivity contribution in [3.8, 4) is 11.5 Å². The summed E-state index contributed by atoms with van der Waals surface area (Å²) in [5.41, 5.74) is -0.446. The van der Waals surface area contributed by atoms with Crippen LogP contribution in [0.1, 0.15) is 51.8 Å². The standard InChI is InChI=1S/C23H14O10/c24-19(25)12-1-5-14(6-2-12)22(30)32-16-9-10-17(21(28)29)18(11-16)33-23(31)15-7-3-13(4-8-15)20(26)27/h1-11H,(H,24,25)(H,26,27)(H,28,29). The molecule has 0 spiro atoms. The zero-order valence-electron chi connectivity index (χ0n) is 16.6. The molecule has 0 saturated heterocycles. The van der Waals surface area contributed by atoms with E-state index in [1.807, 2.05) is 0 Å². The first-order valence-electron chi connectivity index (χ1n) is 9.14. The molecule has 0 heterocycles. The predicted octanol–water partition coefficient (Wildman–Crippen LogP) is 3.22. The molecule has 0 aliphatic carbocycles. The SMILES string of the molecule is O=C(O)c1ccc(C(=O)Oc2ccc(C(=O)O)c(OC(=O)c3ccc(C(=O)O)cc3)c2)cc1. The van der Waals surface area contributed by atoms with Crippen LogP contribution in [0.25, 0.3) is 0 Å². The van der Waals surface area contributed by atoms with Gasteiger partial charge in [-0.1, -0.05) is 0 Å². The summed E-state index contributed by atoms with van der Waals surface area (Å²) < 4.78 is 10.3. The molecular formula is C23H14O10. The van der Waals surface area contributed by atoms with Crippen LogP contribution in [-0.4, -0.2) is 45.2 Å². The average molecular weight is 450 g/mol. The van der Waals surface area contributed by atoms with Gasteiger partial charge in [0.2, 0.25) is 0 Å². The molecule has 0 radical (unpaired) electrons. The summed E-state index contributed by atoms with van der Waals surface area (Å²) in [5, 5.41) is 27.2. The van der Waals surface area contributed by atoms with E-state index in [1.54, 1.807) is 0 Å². The molecule has 33 heavy (non-hydrogen) atoms. The maximum absolute atomic E-state index is 12.4. The minimum Gasteiger partial charge on any atom is -0.478 e. The number of carboxylic acids is 3. The molecule has 3 N–H and O–H groups in total. The molecular weight excluding hydrogens is 436 g/mol. The van der Waals surface area contributed by atoms with Gasteiger partial charge in [0.1, 0.15) is 17.1 Å². The lowest BCUT2D eigenvalue weighted by Crippen LogP contribution is -2.13. The number of ether oxygens (including phenoxy) is 2.